The summed E-state index contributed by atoms with van der Waals surface area (Å²) in [6.45, 7) is 4.43. The molecule has 0 atom stereocenters. The largest absolute Gasteiger partial charge is 0.342 e. The number of rotatable bonds is 7. The smallest absolute Gasteiger partial charge is 0.264 e. The summed E-state index contributed by atoms with van der Waals surface area (Å²) in [5.41, 5.74) is 0.286. The van der Waals surface area contributed by atoms with Crippen LogP contribution in [0, 0.1) is 0 Å². The summed E-state index contributed by atoms with van der Waals surface area (Å²) in [6, 6.07) is 14.6. The highest BCUT2D eigenvalue weighted by atomic mass is 35.5. The van der Waals surface area contributed by atoms with Crippen LogP contribution in [0.2, 0.25) is 5.02 Å². The normalized spacial score (nSPS) is 11.2. The molecule has 0 saturated heterocycles. The van der Waals surface area contributed by atoms with Crippen molar-refractivity contribution in [2.24, 2.45) is 0 Å². The zero-order valence-corrected chi connectivity index (χ0v) is 15.8. The van der Waals surface area contributed by atoms with Crippen molar-refractivity contribution in [3.63, 3.8) is 0 Å². The highest BCUT2D eigenvalue weighted by molar-refractivity contribution is 7.92. The summed E-state index contributed by atoms with van der Waals surface area (Å²) in [5.74, 6) is -0.274. The number of amides is 1. The molecule has 0 unspecified atom stereocenters. The maximum absolute atomic E-state index is 13.1. The Balaban J connectivity index is 2.50. The average molecular weight is 381 g/mol. The molecule has 0 aliphatic carbocycles. The van der Waals surface area contributed by atoms with E-state index in [9.17, 15) is 13.2 Å². The molecule has 0 aliphatic rings. The Bertz CT molecular complexity index is 821. The maximum Gasteiger partial charge on any atom is 0.264 e. The number of hydrogen-bond donors (Lipinski definition) is 0. The fourth-order valence-electron chi connectivity index (χ4n) is 2.47. The summed E-state index contributed by atoms with van der Waals surface area (Å²) in [4.78, 5) is 14.3. The van der Waals surface area contributed by atoms with Gasteiger partial charge in [0.05, 0.1) is 15.6 Å². The molecule has 0 bridgehead atoms. The Morgan fingerprint density at radius 2 is 1.52 bits per heavy atom. The van der Waals surface area contributed by atoms with E-state index in [1.807, 2.05) is 13.8 Å². The van der Waals surface area contributed by atoms with E-state index < -0.39 is 10.0 Å². The molecule has 25 heavy (non-hydrogen) atoms. The first-order valence-corrected chi connectivity index (χ1v) is 9.83. The van der Waals surface area contributed by atoms with Crippen molar-refractivity contribution in [3.05, 3.63) is 59.6 Å². The Morgan fingerprint density at radius 1 is 0.960 bits per heavy atom. The van der Waals surface area contributed by atoms with E-state index in [4.69, 9.17) is 11.6 Å². The van der Waals surface area contributed by atoms with Crippen molar-refractivity contribution in [3.8, 4) is 0 Å². The summed E-state index contributed by atoms with van der Waals surface area (Å²) in [7, 11) is -3.92. The van der Waals surface area contributed by atoms with Crippen LogP contribution < -0.4 is 4.31 Å². The van der Waals surface area contributed by atoms with E-state index in [2.05, 4.69) is 0 Å². The monoisotopic (exact) mass is 380 g/mol. The lowest BCUT2D eigenvalue weighted by Crippen LogP contribution is -2.43. The SMILES string of the molecule is CCN(CC)C(=O)CN(c1ccccc1Cl)S(=O)(=O)c1ccccc1. The second-order valence-corrected chi connectivity index (χ2v) is 7.61. The molecule has 0 radical (unpaired) electrons. The molecule has 0 saturated carbocycles. The van der Waals surface area contributed by atoms with E-state index in [-0.39, 0.29) is 28.1 Å². The standard InChI is InChI=1S/C18H21ClN2O3S/c1-3-20(4-2)18(22)14-21(17-13-9-8-12-16(17)19)25(23,24)15-10-6-5-7-11-15/h5-13H,3-4,14H2,1-2H3. The molecule has 0 N–H and O–H groups in total. The van der Waals surface area contributed by atoms with Gasteiger partial charge in [0.1, 0.15) is 6.54 Å². The lowest BCUT2D eigenvalue weighted by Gasteiger charge is -2.28. The van der Waals surface area contributed by atoms with Gasteiger partial charge in [-0.2, -0.15) is 0 Å². The Labute approximate surface area is 153 Å². The zero-order valence-electron chi connectivity index (χ0n) is 14.2. The fourth-order valence-corrected chi connectivity index (χ4v) is 4.21. The number of anilines is 1. The van der Waals surface area contributed by atoms with E-state index >= 15 is 0 Å². The number of halogens is 1. The second kappa shape index (κ2) is 8.36. The average Bonchev–Trinajstić information content (AvgIpc) is 2.62. The fraction of sp³-hybridized carbons (Fsp3) is 0.278. The number of para-hydroxylation sites is 1. The molecule has 0 spiro atoms. The van der Waals surface area contributed by atoms with Crippen LogP contribution in [0.15, 0.2) is 59.5 Å². The third-order valence-electron chi connectivity index (χ3n) is 3.85. The molecular formula is C18H21ClN2O3S. The first-order valence-electron chi connectivity index (χ1n) is 8.01. The van der Waals surface area contributed by atoms with E-state index in [1.165, 1.54) is 12.1 Å². The van der Waals surface area contributed by atoms with Crippen molar-refractivity contribution >= 4 is 33.2 Å². The van der Waals surface area contributed by atoms with Crippen molar-refractivity contribution in [2.75, 3.05) is 23.9 Å². The molecule has 0 heterocycles. The molecular weight excluding hydrogens is 360 g/mol. The highest BCUT2D eigenvalue weighted by Gasteiger charge is 2.29. The van der Waals surface area contributed by atoms with Crippen LogP contribution in [0.4, 0.5) is 5.69 Å². The summed E-state index contributed by atoms with van der Waals surface area (Å²) in [5, 5.41) is 0.273. The summed E-state index contributed by atoms with van der Waals surface area (Å²) >= 11 is 6.21. The summed E-state index contributed by atoms with van der Waals surface area (Å²) < 4.78 is 27.3. The third-order valence-corrected chi connectivity index (χ3v) is 5.94. The second-order valence-electron chi connectivity index (χ2n) is 5.34. The van der Waals surface area contributed by atoms with Crippen LogP contribution in [0.25, 0.3) is 0 Å². The van der Waals surface area contributed by atoms with Gasteiger partial charge in [0.15, 0.2) is 0 Å². The van der Waals surface area contributed by atoms with Crippen LogP contribution in [-0.2, 0) is 14.8 Å². The van der Waals surface area contributed by atoms with Crippen LogP contribution in [-0.4, -0.2) is 38.9 Å². The molecule has 0 aliphatic heterocycles. The minimum Gasteiger partial charge on any atom is -0.342 e. The lowest BCUT2D eigenvalue weighted by molar-refractivity contribution is -0.129. The van der Waals surface area contributed by atoms with Crippen molar-refractivity contribution in [1.82, 2.24) is 4.90 Å². The Hall–Kier alpha value is -2.05. The van der Waals surface area contributed by atoms with Crippen LogP contribution >= 0.6 is 11.6 Å². The molecule has 2 rings (SSSR count). The molecule has 134 valence electrons. The molecule has 2 aromatic carbocycles. The number of carbonyl (C=O) groups excluding carboxylic acids is 1. The maximum atomic E-state index is 13.1. The van der Waals surface area contributed by atoms with Gasteiger partial charge in [-0.25, -0.2) is 8.42 Å². The Kier molecular flexibility index (Phi) is 6.45. The number of likely N-dealkylation sites (N-methyl/N-ethyl adjacent to an activating group) is 1. The van der Waals surface area contributed by atoms with Crippen molar-refractivity contribution < 1.29 is 13.2 Å². The van der Waals surface area contributed by atoms with Crippen LogP contribution in [0.3, 0.4) is 0 Å². The first kappa shape index (κ1) is 19.3. The van der Waals surface area contributed by atoms with E-state index in [0.29, 0.717) is 13.1 Å². The van der Waals surface area contributed by atoms with Gasteiger partial charge in [-0.3, -0.25) is 9.10 Å². The van der Waals surface area contributed by atoms with Gasteiger partial charge in [-0.05, 0) is 38.1 Å². The number of nitrogens with zero attached hydrogens (tertiary/aromatic N) is 2. The topological polar surface area (TPSA) is 57.7 Å². The van der Waals surface area contributed by atoms with Crippen LogP contribution in [0.1, 0.15) is 13.8 Å². The van der Waals surface area contributed by atoms with Gasteiger partial charge < -0.3 is 4.90 Å². The predicted octanol–water partition coefficient (Wildman–Crippen LogP) is 3.40. The molecule has 0 fully saturated rings. The first-order chi connectivity index (χ1) is 11.9. The predicted molar refractivity (Wildman–Crippen MR) is 100 cm³/mol. The van der Waals surface area contributed by atoms with Gasteiger partial charge in [-0.15, -0.1) is 0 Å². The quantitative estimate of drug-likeness (QED) is 0.739. The molecule has 2 aromatic rings. The zero-order chi connectivity index (χ0) is 18.4. The minimum absolute atomic E-state index is 0.113. The molecule has 7 heteroatoms. The van der Waals surface area contributed by atoms with Crippen molar-refractivity contribution in [2.45, 2.75) is 18.7 Å². The van der Waals surface area contributed by atoms with E-state index in [0.717, 1.165) is 4.31 Å². The molecule has 1 amide bonds. The molecule has 5 nitrogen and oxygen atoms in total. The van der Waals surface area contributed by atoms with Crippen LogP contribution in [0.5, 0.6) is 0 Å². The minimum atomic E-state index is -3.92. The number of sulfonamides is 1. The summed E-state index contributed by atoms with van der Waals surface area (Å²) in [6.07, 6.45) is 0. The number of benzene rings is 2. The van der Waals surface area contributed by atoms with Gasteiger partial charge in [0.2, 0.25) is 5.91 Å². The molecule has 0 aromatic heterocycles. The highest BCUT2D eigenvalue weighted by Crippen LogP contribution is 2.30. The number of carbonyl (C=O) groups is 1. The lowest BCUT2D eigenvalue weighted by atomic mass is 10.3. The Morgan fingerprint density at radius 3 is 2.08 bits per heavy atom. The van der Waals surface area contributed by atoms with Gasteiger partial charge >= 0.3 is 0 Å². The van der Waals surface area contributed by atoms with E-state index in [1.54, 1.807) is 47.4 Å². The van der Waals surface area contributed by atoms with Crippen molar-refractivity contribution in [1.29, 1.82) is 0 Å². The van der Waals surface area contributed by atoms with Gasteiger partial charge in [-0.1, -0.05) is 41.9 Å². The third kappa shape index (κ3) is 4.32. The van der Waals surface area contributed by atoms with Gasteiger partial charge in [0, 0.05) is 13.1 Å². The van der Waals surface area contributed by atoms with Gasteiger partial charge in [0.25, 0.3) is 10.0 Å². The number of hydrogen-bond acceptors (Lipinski definition) is 3.